The van der Waals surface area contributed by atoms with Gasteiger partial charge in [-0.1, -0.05) is 30.3 Å². The number of benzene rings is 1. The van der Waals surface area contributed by atoms with E-state index in [9.17, 15) is 20.1 Å². The maximum Gasteiger partial charge on any atom is 0.199 e. The number of hydrogen-bond donors (Lipinski definition) is 4. The number of aliphatic hydroxyl groups is 4. The van der Waals surface area contributed by atoms with Crippen LogP contribution in [0, 0.1) is 0 Å². The van der Waals surface area contributed by atoms with Gasteiger partial charge in [0.1, 0.15) is 18.3 Å². The number of carbonyl (C=O) groups is 1. The molecule has 2 rings (SSSR count). The van der Waals surface area contributed by atoms with Crippen LogP contribution in [0.5, 0.6) is 0 Å². The van der Waals surface area contributed by atoms with Crippen molar-refractivity contribution >= 4 is 5.78 Å². The molecular weight excluding hydrogens is 252 g/mol. The van der Waals surface area contributed by atoms with Crippen molar-refractivity contribution in [3.8, 4) is 0 Å². The lowest BCUT2D eigenvalue weighted by molar-refractivity contribution is -0.221. The summed E-state index contributed by atoms with van der Waals surface area (Å²) < 4.78 is 5.04. The average molecular weight is 268 g/mol. The molecule has 0 radical (unpaired) electrons. The Morgan fingerprint density at radius 3 is 2.53 bits per heavy atom. The molecule has 0 aromatic heterocycles. The Labute approximate surface area is 109 Å². The third kappa shape index (κ3) is 2.41. The van der Waals surface area contributed by atoms with E-state index in [0.29, 0.717) is 0 Å². The van der Waals surface area contributed by atoms with Crippen LogP contribution in [0.25, 0.3) is 0 Å². The Kier molecular flexibility index (Phi) is 3.98. The van der Waals surface area contributed by atoms with E-state index in [-0.39, 0.29) is 5.56 Å². The molecule has 1 fully saturated rings. The SMILES string of the molecule is O=C(c1ccccc1)[C@]1(O)CO[C@H](CO)[C@@H](O)[C@@H]1O. The Morgan fingerprint density at radius 1 is 1.32 bits per heavy atom. The Morgan fingerprint density at radius 2 is 1.95 bits per heavy atom. The molecule has 0 spiro atoms. The highest BCUT2D eigenvalue weighted by Crippen LogP contribution is 2.27. The van der Waals surface area contributed by atoms with Crippen molar-refractivity contribution in [2.45, 2.75) is 23.9 Å². The van der Waals surface area contributed by atoms with Gasteiger partial charge in [-0.2, -0.15) is 0 Å². The van der Waals surface area contributed by atoms with E-state index >= 15 is 0 Å². The van der Waals surface area contributed by atoms with Gasteiger partial charge in [-0.25, -0.2) is 0 Å². The molecule has 1 aliphatic heterocycles. The zero-order valence-electron chi connectivity index (χ0n) is 10.1. The molecule has 0 bridgehead atoms. The summed E-state index contributed by atoms with van der Waals surface area (Å²) in [7, 11) is 0. The van der Waals surface area contributed by atoms with Crippen LogP contribution in [-0.4, -0.2) is 63.3 Å². The molecule has 0 amide bonds. The molecular formula is C13H16O6. The van der Waals surface area contributed by atoms with E-state index < -0.39 is 42.9 Å². The summed E-state index contributed by atoms with van der Waals surface area (Å²) in [5.41, 5.74) is -2.01. The lowest BCUT2D eigenvalue weighted by Crippen LogP contribution is -2.65. The van der Waals surface area contributed by atoms with Gasteiger partial charge in [0.25, 0.3) is 0 Å². The first kappa shape index (κ1) is 14.1. The van der Waals surface area contributed by atoms with Crippen LogP contribution in [-0.2, 0) is 4.74 Å². The van der Waals surface area contributed by atoms with Crippen molar-refractivity contribution in [3.63, 3.8) is 0 Å². The summed E-state index contributed by atoms with van der Waals surface area (Å²) in [6, 6.07) is 7.96. The van der Waals surface area contributed by atoms with Gasteiger partial charge in [-0.15, -0.1) is 0 Å². The molecule has 6 nitrogen and oxygen atoms in total. The van der Waals surface area contributed by atoms with E-state index in [1.54, 1.807) is 18.2 Å². The first-order chi connectivity index (χ1) is 9.00. The third-order valence-electron chi connectivity index (χ3n) is 3.32. The molecule has 1 saturated heterocycles. The van der Waals surface area contributed by atoms with Gasteiger partial charge in [0.2, 0.25) is 0 Å². The Hall–Kier alpha value is -1.31. The second-order valence-corrected chi connectivity index (χ2v) is 4.59. The minimum atomic E-state index is -2.22. The minimum absolute atomic E-state index is 0.210. The van der Waals surface area contributed by atoms with Crippen molar-refractivity contribution in [1.82, 2.24) is 0 Å². The summed E-state index contributed by atoms with van der Waals surface area (Å²) in [6.45, 7) is -0.988. The number of carbonyl (C=O) groups excluding carboxylic acids is 1. The summed E-state index contributed by atoms with van der Waals surface area (Å²) in [5.74, 6) is -0.726. The molecule has 1 aliphatic rings. The molecule has 104 valence electrons. The first-order valence-corrected chi connectivity index (χ1v) is 5.91. The fourth-order valence-electron chi connectivity index (χ4n) is 2.10. The highest BCUT2D eigenvalue weighted by atomic mass is 16.5. The van der Waals surface area contributed by atoms with E-state index in [4.69, 9.17) is 9.84 Å². The van der Waals surface area contributed by atoms with Crippen LogP contribution in [0.15, 0.2) is 30.3 Å². The minimum Gasteiger partial charge on any atom is -0.394 e. The standard InChI is InChI=1S/C13H16O6/c14-6-9-10(15)12(17)13(18,7-19-9)11(16)8-4-2-1-3-5-8/h1-5,9-10,12,14-15,17-18H,6-7H2/t9-,10-,12+,13-/m1/s1. The normalized spacial score (nSPS) is 35.1. The second-order valence-electron chi connectivity index (χ2n) is 4.59. The highest BCUT2D eigenvalue weighted by molar-refractivity contribution is 6.03. The molecule has 0 unspecified atom stereocenters. The lowest BCUT2D eigenvalue weighted by atomic mass is 9.82. The smallest absolute Gasteiger partial charge is 0.199 e. The van der Waals surface area contributed by atoms with Crippen LogP contribution in [0.1, 0.15) is 10.4 Å². The Balaban J connectivity index is 2.26. The van der Waals surface area contributed by atoms with Gasteiger partial charge in [0, 0.05) is 5.56 Å². The maximum atomic E-state index is 12.2. The number of ether oxygens (including phenoxy) is 1. The molecule has 1 aromatic carbocycles. The van der Waals surface area contributed by atoms with Gasteiger partial charge >= 0.3 is 0 Å². The van der Waals surface area contributed by atoms with Crippen LogP contribution in [0.3, 0.4) is 0 Å². The number of hydrogen-bond acceptors (Lipinski definition) is 6. The number of rotatable bonds is 3. The molecule has 1 aromatic rings. The summed E-state index contributed by atoms with van der Waals surface area (Å²) in [5, 5.41) is 38.9. The topological polar surface area (TPSA) is 107 Å². The molecule has 0 aliphatic carbocycles. The number of Topliss-reactive ketones (excluding diaryl/α,β-unsaturated/α-hetero) is 1. The van der Waals surface area contributed by atoms with E-state index in [0.717, 1.165) is 0 Å². The molecule has 4 atom stereocenters. The van der Waals surface area contributed by atoms with Gasteiger partial charge in [-0.05, 0) is 0 Å². The average Bonchev–Trinajstić information content (AvgIpc) is 2.45. The van der Waals surface area contributed by atoms with Gasteiger partial charge in [0.05, 0.1) is 13.2 Å². The monoisotopic (exact) mass is 268 g/mol. The zero-order chi connectivity index (χ0) is 14.0. The van der Waals surface area contributed by atoms with Crippen molar-refractivity contribution in [1.29, 1.82) is 0 Å². The first-order valence-electron chi connectivity index (χ1n) is 5.91. The molecule has 19 heavy (non-hydrogen) atoms. The van der Waals surface area contributed by atoms with Gasteiger partial charge in [-0.3, -0.25) is 4.79 Å². The highest BCUT2D eigenvalue weighted by Gasteiger charge is 2.53. The quantitative estimate of drug-likeness (QED) is 0.508. The van der Waals surface area contributed by atoms with Crippen LogP contribution >= 0.6 is 0 Å². The van der Waals surface area contributed by atoms with E-state index in [2.05, 4.69) is 0 Å². The van der Waals surface area contributed by atoms with Crippen LogP contribution in [0.4, 0.5) is 0 Å². The van der Waals surface area contributed by atoms with Crippen molar-refractivity contribution in [3.05, 3.63) is 35.9 Å². The molecule has 1 heterocycles. The second kappa shape index (κ2) is 5.36. The van der Waals surface area contributed by atoms with Gasteiger partial charge < -0.3 is 25.2 Å². The fraction of sp³-hybridized carbons (Fsp3) is 0.462. The largest absolute Gasteiger partial charge is 0.394 e. The molecule has 6 heteroatoms. The maximum absolute atomic E-state index is 12.2. The van der Waals surface area contributed by atoms with Crippen LogP contribution in [0.2, 0.25) is 0 Å². The third-order valence-corrected chi connectivity index (χ3v) is 3.32. The fourth-order valence-corrected chi connectivity index (χ4v) is 2.10. The molecule has 0 saturated carbocycles. The zero-order valence-corrected chi connectivity index (χ0v) is 10.1. The summed E-state index contributed by atoms with van der Waals surface area (Å²) in [6.07, 6.45) is -4.26. The molecule has 4 N–H and O–H groups in total. The predicted molar refractivity (Wildman–Crippen MR) is 64.6 cm³/mol. The number of aliphatic hydroxyl groups excluding tert-OH is 3. The Bertz CT molecular complexity index is 448. The number of ketones is 1. The predicted octanol–water partition coefficient (Wildman–Crippen LogP) is -1.29. The van der Waals surface area contributed by atoms with Gasteiger partial charge in [0.15, 0.2) is 11.4 Å². The van der Waals surface area contributed by atoms with Crippen LogP contribution < -0.4 is 0 Å². The summed E-state index contributed by atoms with van der Waals surface area (Å²) in [4.78, 5) is 12.2. The lowest BCUT2D eigenvalue weighted by Gasteiger charge is -2.41. The van der Waals surface area contributed by atoms with E-state index in [1.165, 1.54) is 12.1 Å². The van der Waals surface area contributed by atoms with Crippen molar-refractivity contribution < 1.29 is 30.0 Å². The van der Waals surface area contributed by atoms with Crippen molar-refractivity contribution in [2.75, 3.05) is 13.2 Å². The summed E-state index contributed by atoms with van der Waals surface area (Å²) >= 11 is 0. The van der Waals surface area contributed by atoms with E-state index in [1.807, 2.05) is 0 Å². The van der Waals surface area contributed by atoms with Crippen molar-refractivity contribution in [2.24, 2.45) is 0 Å².